The number of hydrogen-bond donors (Lipinski definition) is 2. The van der Waals surface area contributed by atoms with Crippen LogP contribution in [0, 0.1) is 0 Å². The molecule has 2 N–H and O–H groups in total. The zero-order valence-electron chi connectivity index (χ0n) is 17.3. The van der Waals surface area contributed by atoms with Crippen LogP contribution in [0.2, 0.25) is 0 Å². The van der Waals surface area contributed by atoms with Crippen molar-refractivity contribution in [3.05, 3.63) is 76.2 Å². The molecule has 0 saturated carbocycles. The number of ether oxygens (including phenoxy) is 1. The van der Waals surface area contributed by atoms with Gasteiger partial charge in [-0.1, -0.05) is 30.3 Å². The smallest absolute Gasteiger partial charge is 0.260 e. The van der Waals surface area contributed by atoms with E-state index in [1.54, 1.807) is 0 Å². The van der Waals surface area contributed by atoms with Gasteiger partial charge in [0.25, 0.3) is 5.56 Å². The molecule has 0 radical (unpaired) electrons. The normalized spacial score (nSPS) is 15.2. The van der Waals surface area contributed by atoms with E-state index >= 15 is 0 Å². The van der Waals surface area contributed by atoms with Crippen LogP contribution in [0.15, 0.2) is 64.8 Å². The van der Waals surface area contributed by atoms with Crippen molar-refractivity contribution in [3.8, 4) is 11.1 Å². The minimum absolute atomic E-state index is 0.101. The number of nitrogens with zero attached hydrogens (tertiary/aromatic N) is 2. The lowest BCUT2D eigenvalue weighted by atomic mass is 10.1. The molecule has 31 heavy (non-hydrogen) atoms. The van der Waals surface area contributed by atoms with Crippen molar-refractivity contribution < 1.29 is 4.74 Å². The number of morpholine rings is 1. The first-order chi connectivity index (χ1) is 15.2. The van der Waals surface area contributed by atoms with Gasteiger partial charge < -0.3 is 19.9 Å². The third kappa shape index (κ3) is 4.06. The van der Waals surface area contributed by atoms with Crippen molar-refractivity contribution in [1.82, 2.24) is 9.97 Å². The van der Waals surface area contributed by atoms with E-state index in [-0.39, 0.29) is 11.6 Å². The van der Waals surface area contributed by atoms with E-state index in [1.165, 1.54) is 17.0 Å². The standard InChI is InChI=1S/C24H24N4O2S/c1-16(25-18-7-9-19(10-8-18)28-11-13-30-14-12-28)22-26-23(29)21-20(15-31-24(21)27-22)17-5-3-2-4-6-17/h2-10,15-16,25H,11-14H2,1H3,(H,26,27,29)/t16-/m0/s1. The fourth-order valence-corrected chi connectivity index (χ4v) is 4.86. The van der Waals surface area contributed by atoms with Crippen LogP contribution in [0.4, 0.5) is 11.4 Å². The molecule has 5 rings (SSSR count). The number of anilines is 2. The highest BCUT2D eigenvalue weighted by Crippen LogP contribution is 2.31. The number of nitrogens with one attached hydrogen (secondary N) is 2. The van der Waals surface area contributed by atoms with Gasteiger partial charge in [0.05, 0.1) is 24.6 Å². The Morgan fingerprint density at radius 2 is 1.84 bits per heavy atom. The predicted octanol–water partition coefficient (Wildman–Crippen LogP) is 4.66. The molecular weight excluding hydrogens is 408 g/mol. The van der Waals surface area contributed by atoms with Gasteiger partial charge in [-0.2, -0.15) is 0 Å². The molecule has 0 aliphatic carbocycles. The second-order valence-corrected chi connectivity index (χ2v) is 8.52. The second-order valence-electron chi connectivity index (χ2n) is 7.66. The minimum Gasteiger partial charge on any atom is -0.378 e. The first-order valence-electron chi connectivity index (χ1n) is 10.5. The minimum atomic E-state index is -0.131. The summed E-state index contributed by atoms with van der Waals surface area (Å²) in [6.07, 6.45) is 0. The number of hydrogen-bond acceptors (Lipinski definition) is 6. The molecule has 0 spiro atoms. The summed E-state index contributed by atoms with van der Waals surface area (Å²) in [6.45, 7) is 5.38. The highest BCUT2D eigenvalue weighted by Gasteiger charge is 2.16. The van der Waals surface area contributed by atoms with Crippen LogP contribution in [0.1, 0.15) is 18.8 Å². The topological polar surface area (TPSA) is 70.2 Å². The SMILES string of the molecule is C[C@H](Nc1ccc(N2CCOCC2)cc1)c1nc2scc(-c3ccccc3)c2c(=O)[nH]1. The fourth-order valence-electron chi connectivity index (χ4n) is 3.91. The van der Waals surface area contributed by atoms with E-state index < -0.39 is 0 Å². The van der Waals surface area contributed by atoms with Crippen molar-refractivity contribution in [2.24, 2.45) is 0 Å². The molecule has 2 aromatic carbocycles. The average molecular weight is 433 g/mol. The monoisotopic (exact) mass is 432 g/mol. The maximum absolute atomic E-state index is 12.9. The molecule has 1 saturated heterocycles. The Morgan fingerprint density at radius 1 is 1.10 bits per heavy atom. The summed E-state index contributed by atoms with van der Waals surface area (Å²) in [5, 5.41) is 6.11. The number of fused-ring (bicyclic) bond motifs is 1. The molecule has 0 unspecified atom stereocenters. The Labute approximate surface area is 184 Å². The Hall–Kier alpha value is -3.16. The van der Waals surface area contributed by atoms with Crippen molar-refractivity contribution in [2.75, 3.05) is 36.5 Å². The quantitative estimate of drug-likeness (QED) is 0.480. The van der Waals surface area contributed by atoms with E-state index in [0.717, 1.165) is 47.9 Å². The number of rotatable bonds is 5. The number of benzene rings is 2. The zero-order chi connectivity index (χ0) is 21.2. The summed E-state index contributed by atoms with van der Waals surface area (Å²) >= 11 is 1.50. The third-order valence-electron chi connectivity index (χ3n) is 5.58. The van der Waals surface area contributed by atoms with E-state index in [9.17, 15) is 4.79 Å². The molecule has 7 heteroatoms. The van der Waals surface area contributed by atoms with Crippen molar-refractivity contribution in [1.29, 1.82) is 0 Å². The van der Waals surface area contributed by atoms with Gasteiger partial charge in [0.15, 0.2) is 0 Å². The van der Waals surface area contributed by atoms with Crippen LogP contribution < -0.4 is 15.8 Å². The summed E-state index contributed by atoms with van der Waals surface area (Å²) in [6, 6.07) is 18.2. The summed E-state index contributed by atoms with van der Waals surface area (Å²) in [7, 11) is 0. The summed E-state index contributed by atoms with van der Waals surface area (Å²) in [5.74, 6) is 0.635. The van der Waals surface area contributed by atoms with Gasteiger partial charge in [-0.3, -0.25) is 4.79 Å². The van der Waals surface area contributed by atoms with Crippen molar-refractivity contribution >= 4 is 32.9 Å². The van der Waals surface area contributed by atoms with Gasteiger partial charge in [0.1, 0.15) is 10.7 Å². The maximum atomic E-state index is 12.9. The Kier molecular flexibility index (Phi) is 5.44. The first-order valence-corrected chi connectivity index (χ1v) is 11.3. The zero-order valence-corrected chi connectivity index (χ0v) is 18.1. The van der Waals surface area contributed by atoms with Crippen LogP contribution >= 0.6 is 11.3 Å². The second kappa shape index (κ2) is 8.53. The summed E-state index contributed by atoms with van der Waals surface area (Å²) in [5.41, 5.74) is 4.04. The van der Waals surface area contributed by atoms with Gasteiger partial charge in [-0.25, -0.2) is 4.98 Å². The van der Waals surface area contributed by atoms with Crippen molar-refractivity contribution in [3.63, 3.8) is 0 Å². The number of aromatic amines is 1. The van der Waals surface area contributed by atoms with Crippen LogP contribution in [0.3, 0.4) is 0 Å². The molecule has 1 aliphatic rings. The van der Waals surface area contributed by atoms with Crippen LogP contribution in [0.25, 0.3) is 21.3 Å². The molecule has 3 heterocycles. The van der Waals surface area contributed by atoms with Crippen LogP contribution in [-0.2, 0) is 4.74 Å². The summed E-state index contributed by atoms with van der Waals surface area (Å²) < 4.78 is 5.42. The van der Waals surface area contributed by atoms with Gasteiger partial charge in [-0.15, -0.1) is 11.3 Å². The largest absolute Gasteiger partial charge is 0.378 e. The van der Waals surface area contributed by atoms with Gasteiger partial charge in [0, 0.05) is 35.4 Å². The highest BCUT2D eigenvalue weighted by atomic mass is 32.1. The lowest BCUT2D eigenvalue weighted by Crippen LogP contribution is -2.36. The third-order valence-corrected chi connectivity index (χ3v) is 6.46. The molecule has 6 nitrogen and oxygen atoms in total. The van der Waals surface area contributed by atoms with Gasteiger partial charge >= 0.3 is 0 Å². The molecule has 2 aromatic heterocycles. The van der Waals surface area contributed by atoms with Gasteiger partial charge in [-0.05, 0) is 36.8 Å². The van der Waals surface area contributed by atoms with Crippen LogP contribution in [-0.4, -0.2) is 36.3 Å². The molecule has 4 aromatic rings. The molecule has 0 amide bonds. The highest BCUT2D eigenvalue weighted by molar-refractivity contribution is 7.17. The average Bonchev–Trinajstić information content (AvgIpc) is 3.25. The molecule has 0 bridgehead atoms. The predicted molar refractivity (Wildman–Crippen MR) is 127 cm³/mol. The Morgan fingerprint density at radius 3 is 2.58 bits per heavy atom. The van der Waals surface area contributed by atoms with E-state index in [4.69, 9.17) is 9.72 Å². The molecule has 1 fully saturated rings. The molecule has 1 aliphatic heterocycles. The number of H-pyrrole nitrogens is 1. The van der Waals surface area contributed by atoms with E-state index in [2.05, 4.69) is 39.5 Å². The number of aromatic nitrogens is 2. The lowest BCUT2D eigenvalue weighted by Gasteiger charge is -2.29. The molecule has 1 atom stereocenters. The molecular formula is C24H24N4O2S. The fraction of sp³-hybridized carbons (Fsp3) is 0.250. The first kappa shape index (κ1) is 19.8. The van der Waals surface area contributed by atoms with Crippen molar-refractivity contribution in [2.45, 2.75) is 13.0 Å². The van der Waals surface area contributed by atoms with Gasteiger partial charge in [0.2, 0.25) is 0 Å². The van der Waals surface area contributed by atoms with E-state index in [1.807, 2.05) is 42.6 Å². The van der Waals surface area contributed by atoms with E-state index in [0.29, 0.717) is 11.2 Å². The summed E-state index contributed by atoms with van der Waals surface area (Å²) in [4.78, 5) is 23.7. The lowest BCUT2D eigenvalue weighted by molar-refractivity contribution is 0.122. The Bertz CT molecular complexity index is 1230. The Balaban J connectivity index is 1.36. The number of thiophene rings is 1. The maximum Gasteiger partial charge on any atom is 0.260 e. The molecule has 158 valence electrons. The van der Waals surface area contributed by atoms with Crippen LogP contribution in [0.5, 0.6) is 0 Å².